The van der Waals surface area contributed by atoms with Gasteiger partial charge in [0.05, 0.1) is 6.42 Å². The lowest BCUT2D eigenvalue weighted by Crippen LogP contribution is -2.21. The van der Waals surface area contributed by atoms with E-state index >= 15 is 0 Å². The van der Waals surface area contributed by atoms with Crippen molar-refractivity contribution in [3.05, 3.63) is 35.9 Å². The third-order valence-electron chi connectivity index (χ3n) is 2.09. The highest BCUT2D eigenvalue weighted by atomic mass is 32.1. The summed E-state index contributed by atoms with van der Waals surface area (Å²) in [4.78, 5) is 11.0. The van der Waals surface area contributed by atoms with Gasteiger partial charge in [-0.1, -0.05) is 30.3 Å². The summed E-state index contributed by atoms with van der Waals surface area (Å²) in [6.07, 6.45) is 0.0626. The zero-order valence-corrected chi connectivity index (χ0v) is 8.63. The van der Waals surface area contributed by atoms with Crippen molar-refractivity contribution in [3.8, 4) is 0 Å². The van der Waals surface area contributed by atoms with Crippen LogP contribution in [0.3, 0.4) is 0 Å². The Bertz CT molecular complexity index is 417. The highest BCUT2D eigenvalue weighted by Gasteiger charge is 2.37. The topological polar surface area (TPSA) is 66.5 Å². The molecule has 0 bridgehead atoms. The van der Waals surface area contributed by atoms with Gasteiger partial charge in [-0.05, 0) is 10.4 Å². The molecule has 0 aliphatic carbocycles. The average molecular weight is 220 g/mol. The molecule has 1 aromatic rings. The second-order valence-electron chi connectivity index (χ2n) is 3.13. The summed E-state index contributed by atoms with van der Waals surface area (Å²) in [5.74, 6) is 0. The monoisotopic (exact) mass is 220 g/mol. The first-order chi connectivity index (χ1) is 7.23. The third kappa shape index (κ3) is 1.94. The van der Waals surface area contributed by atoms with Crippen molar-refractivity contribution in [2.24, 2.45) is 20.7 Å². The Morgan fingerprint density at radius 1 is 1.20 bits per heavy atom. The molecule has 1 aliphatic heterocycles. The van der Waals surface area contributed by atoms with Gasteiger partial charge in [0.15, 0.2) is 5.12 Å². The van der Waals surface area contributed by atoms with Gasteiger partial charge in [0, 0.05) is 5.56 Å². The second kappa shape index (κ2) is 3.90. The van der Waals surface area contributed by atoms with Crippen molar-refractivity contribution < 1.29 is 4.79 Å². The van der Waals surface area contributed by atoms with Crippen LogP contribution in [-0.4, -0.2) is 5.12 Å². The predicted octanol–water partition coefficient (Wildman–Crippen LogP) is 2.52. The van der Waals surface area contributed by atoms with Crippen LogP contribution in [-0.2, 0) is 10.5 Å². The van der Waals surface area contributed by atoms with Crippen molar-refractivity contribution in [2.75, 3.05) is 0 Å². The van der Waals surface area contributed by atoms with E-state index in [0.29, 0.717) is 0 Å². The quantitative estimate of drug-likeness (QED) is 0.781. The second-order valence-corrected chi connectivity index (χ2v) is 3.63. The lowest BCUT2D eigenvalue weighted by molar-refractivity contribution is -0.111. The minimum absolute atomic E-state index is 0.0626. The van der Waals surface area contributed by atoms with Gasteiger partial charge in [-0.2, -0.15) is 0 Å². The lowest BCUT2D eigenvalue weighted by Gasteiger charge is -2.17. The SMILES string of the molecule is O=C(S)CC1(c2ccccc2)N=NN=N1. The van der Waals surface area contributed by atoms with Crippen molar-refractivity contribution in [1.29, 1.82) is 0 Å². The minimum Gasteiger partial charge on any atom is -0.287 e. The van der Waals surface area contributed by atoms with Gasteiger partial charge in [-0.3, -0.25) is 4.79 Å². The fourth-order valence-corrected chi connectivity index (χ4v) is 1.63. The van der Waals surface area contributed by atoms with Crippen LogP contribution in [0.25, 0.3) is 0 Å². The Morgan fingerprint density at radius 2 is 1.80 bits per heavy atom. The van der Waals surface area contributed by atoms with E-state index in [2.05, 4.69) is 33.3 Å². The zero-order valence-electron chi connectivity index (χ0n) is 7.74. The van der Waals surface area contributed by atoms with Crippen LogP contribution in [0.4, 0.5) is 0 Å². The van der Waals surface area contributed by atoms with Crippen LogP contribution in [0.1, 0.15) is 12.0 Å². The van der Waals surface area contributed by atoms with Crippen LogP contribution in [0, 0.1) is 0 Å². The maximum Gasteiger partial charge on any atom is 0.227 e. The number of nitrogens with zero attached hydrogens (tertiary/aromatic N) is 4. The fraction of sp³-hybridized carbons (Fsp3) is 0.222. The molecule has 1 heterocycles. The van der Waals surface area contributed by atoms with Crippen LogP contribution in [0.5, 0.6) is 0 Å². The molecule has 0 spiro atoms. The average Bonchev–Trinajstić information content (AvgIpc) is 2.68. The number of benzene rings is 1. The predicted molar refractivity (Wildman–Crippen MR) is 56.4 cm³/mol. The molecule has 1 aromatic carbocycles. The van der Waals surface area contributed by atoms with E-state index in [1.165, 1.54) is 0 Å². The molecule has 0 N–H and O–H groups in total. The van der Waals surface area contributed by atoms with Gasteiger partial charge in [0.1, 0.15) is 0 Å². The molecule has 0 saturated heterocycles. The summed E-state index contributed by atoms with van der Waals surface area (Å²) in [5, 5.41) is 14.4. The van der Waals surface area contributed by atoms with Crippen molar-refractivity contribution in [2.45, 2.75) is 12.1 Å². The van der Waals surface area contributed by atoms with E-state index in [1.807, 2.05) is 30.3 Å². The number of hydrogen-bond acceptors (Lipinski definition) is 5. The third-order valence-corrected chi connectivity index (χ3v) is 2.25. The van der Waals surface area contributed by atoms with Gasteiger partial charge in [0.25, 0.3) is 0 Å². The molecule has 0 atom stereocenters. The van der Waals surface area contributed by atoms with E-state index in [0.717, 1.165) is 5.56 Å². The molecule has 0 unspecified atom stereocenters. The van der Waals surface area contributed by atoms with Gasteiger partial charge >= 0.3 is 0 Å². The van der Waals surface area contributed by atoms with Crippen molar-refractivity contribution in [1.82, 2.24) is 0 Å². The maximum atomic E-state index is 11.0. The summed E-state index contributed by atoms with van der Waals surface area (Å²) in [6.45, 7) is 0. The smallest absolute Gasteiger partial charge is 0.227 e. The van der Waals surface area contributed by atoms with E-state index in [-0.39, 0.29) is 11.5 Å². The molecule has 76 valence electrons. The van der Waals surface area contributed by atoms with Crippen LogP contribution >= 0.6 is 12.6 Å². The van der Waals surface area contributed by atoms with E-state index in [9.17, 15) is 4.79 Å². The summed E-state index contributed by atoms with van der Waals surface area (Å²) < 4.78 is 0. The summed E-state index contributed by atoms with van der Waals surface area (Å²) >= 11 is 3.74. The van der Waals surface area contributed by atoms with Gasteiger partial charge in [-0.25, -0.2) is 0 Å². The molecule has 2 rings (SSSR count). The molecule has 6 heteroatoms. The molecule has 0 radical (unpaired) electrons. The van der Waals surface area contributed by atoms with Crippen LogP contribution in [0.2, 0.25) is 0 Å². The lowest BCUT2D eigenvalue weighted by atomic mass is 9.98. The molecule has 0 amide bonds. The number of carbonyl (C=O) groups is 1. The van der Waals surface area contributed by atoms with Gasteiger partial charge in [-0.15, -0.1) is 22.9 Å². The fourth-order valence-electron chi connectivity index (χ4n) is 1.41. The molecule has 15 heavy (non-hydrogen) atoms. The minimum atomic E-state index is -1.000. The maximum absolute atomic E-state index is 11.0. The highest BCUT2D eigenvalue weighted by molar-refractivity contribution is 7.96. The first kappa shape index (κ1) is 9.97. The van der Waals surface area contributed by atoms with Crippen LogP contribution < -0.4 is 0 Å². The Hall–Kier alpha value is -1.56. The van der Waals surface area contributed by atoms with Gasteiger partial charge < -0.3 is 0 Å². The number of rotatable bonds is 3. The molecule has 5 nitrogen and oxygen atoms in total. The first-order valence-electron chi connectivity index (χ1n) is 4.34. The van der Waals surface area contributed by atoms with Crippen LogP contribution in [0.15, 0.2) is 51.0 Å². The number of hydrogen-bond donors (Lipinski definition) is 1. The molecule has 1 aliphatic rings. The summed E-state index contributed by atoms with van der Waals surface area (Å²) in [7, 11) is 0. The Labute approximate surface area is 91.7 Å². The zero-order chi connectivity index (χ0) is 10.7. The molecule has 0 saturated carbocycles. The number of carbonyl (C=O) groups excluding carboxylic acids is 1. The van der Waals surface area contributed by atoms with E-state index < -0.39 is 5.66 Å². The van der Waals surface area contributed by atoms with E-state index in [1.54, 1.807) is 0 Å². The summed E-state index contributed by atoms with van der Waals surface area (Å²) in [5.41, 5.74) is -0.211. The highest BCUT2D eigenvalue weighted by Crippen LogP contribution is 2.35. The Kier molecular flexibility index (Phi) is 2.59. The Morgan fingerprint density at radius 3 is 2.33 bits per heavy atom. The van der Waals surface area contributed by atoms with E-state index in [4.69, 9.17) is 0 Å². The molecule has 0 fully saturated rings. The largest absolute Gasteiger partial charge is 0.287 e. The first-order valence-corrected chi connectivity index (χ1v) is 4.79. The van der Waals surface area contributed by atoms with Crippen molar-refractivity contribution in [3.63, 3.8) is 0 Å². The standard InChI is InChI=1S/C9H8N4OS/c14-8(15)6-9(10-12-13-11-9)7-4-2-1-3-5-7/h1-5H,6H2,(H,14,15). The number of thiol groups is 1. The molecular formula is C9H8N4OS. The Balaban J connectivity index is 2.40. The molecular weight excluding hydrogens is 212 g/mol. The van der Waals surface area contributed by atoms with Crippen molar-refractivity contribution >= 4 is 17.7 Å². The normalized spacial score (nSPS) is 16.9. The summed E-state index contributed by atoms with van der Waals surface area (Å²) in [6, 6.07) is 9.25. The van der Waals surface area contributed by atoms with Gasteiger partial charge in [0.2, 0.25) is 5.66 Å². The molecule has 0 aromatic heterocycles.